The highest BCUT2D eigenvalue weighted by Gasteiger charge is 2.52. The van der Waals surface area contributed by atoms with Crippen LogP contribution in [-0.4, -0.2) is 47.6 Å². The molecule has 0 aliphatic carbocycles. The summed E-state index contributed by atoms with van der Waals surface area (Å²) in [6, 6.07) is 0. The molecule has 1 saturated heterocycles. The van der Waals surface area contributed by atoms with Crippen LogP contribution in [0.5, 0.6) is 0 Å². The van der Waals surface area contributed by atoms with Gasteiger partial charge >= 0.3 is 13.1 Å². The van der Waals surface area contributed by atoms with Gasteiger partial charge in [-0.3, -0.25) is 0 Å². The first-order valence-electron chi connectivity index (χ1n) is 8.57. The van der Waals surface area contributed by atoms with E-state index in [9.17, 15) is 9.90 Å². The van der Waals surface area contributed by atoms with Gasteiger partial charge in [-0.25, -0.2) is 4.79 Å². The molecule has 0 saturated carbocycles. The Morgan fingerprint density at radius 2 is 1.80 bits per heavy atom. The summed E-state index contributed by atoms with van der Waals surface area (Å²) in [7, 11) is -0.630. The van der Waals surface area contributed by atoms with Gasteiger partial charge in [0, 0.05) is 5.69 Å². The molecular weight excluding hydrogens is 321 g/mol. The zero-order valence-corrected chi connectivity index (χ0v) is 16.1. The van der Waals surface area contributed by atoms with Crippen molar-refractivity contribution in [2.24, 2.45) is 0 Å². The van der Waals surface area contributed by atoms with Gasteiger partial charge in [0.15, 0.2) is 0 Å². The summed E-state index contributed by atoms with van der Waals surface area (Å²) >= 11 is 0. The van der Waals surface area contributed by atoms with E-state index >= 15 is 0 Å². The fourth-order valence-corrected chi connectivity index (χ4v) is 2.76. The Balaban J connectivity index is 2.37. The predicted molar refractivity (Wildman–Crippen MR) is 97.4 cm³/mol. The minimum atomic E-state index is -0.630. The molecule has 1 aromatic rings. The standard InChI is InChI=1S/C18H28BNO5/c1-8-23-16(22)15-11(2)14(12(3)20-15)9-13(10-21)19-24-17(4,5)18(6,7)25-19/h9,20-21H,8,10H2,1-7H3. The van der Waals surface area contributed by atoms with E-state index in [1.54, 1.807) is 6.92 Å². The maximum atomic E-state index is 12.0. The van der Waals surface area contributed by atoms with Gasteiger partial charge in [0.2, 0.25) is 0 Å². The van der Waals surface area contributed by atoms with Gasteiger partial charge in [0.05, 0.1) is 24.4 Å². The van der Waals surface area contributed by atoms with E-state index in [1.807, 2.05) is 47.6 Å². The quantitative estimate of drug-likeness (QED) is 0.631. The van der Waals surface area contributed by atoms with Crippen molar-refractivity contribution in [3.05, 3.63) is 28.0 Å². The van der Waals surface area contributed by atoms with Crippen LogP contribution in [0.1, 0.15) is 61.9 Å². The van der Waals surface area contributed by atoms with Gasteiger partial charge in [-0.05, 0) is 65.1 Å². The molecule has 0 spiro atoms. The number of hydrogen-bond donors (Lipinski definition) is 2. The molecule has 0 unspecified atom stereocenters. The number of carbonyl (C=O) groups excluding carboxylic acids is 1. The lowest BCUT2D eigenvalue weighted by molar-refractivity contribution is 0.00578. The van der Waals surface area contributed by atoms with Gasteiger partial charge in [0.25, 0.3) is 0 Å². The average molecular weight is 349 g/mol. The number of ether oxygens (including phenoxy) is 1. The number of nitrogens with one attached hydrogen (secondary N) is 1. The molecule has 1 fully saturated rings. The second-order valence-electron chi connectivity index (χ2n) is 7.35. The van der Waals surface area contributed by atoms with Crippen molar-refractivity contribution < 1.29 is 23.9 Å². The van der Waals surface area contributed by atoms with E-state index in [2.05, 4.69) is 4.98 Å². The Kier molecular flexibility index (Phi) is 5.51. The summed E-state index contributed by atoms with van der Waals surface area (Å²) in [4.78, 5) is 15.1. The van der Waals surface area contributed by atoms with Gasteiger partial charge in [-0.2, -0.15) is 0 Å². The lowest BCUT2D eigenvalue weighted by Gasteiger charge is -2.32. The normalized spacial score (nSPS) is 19.4. The second kappa shape index (κ2) is 6.98. The summed E-state index contributed by atoms with van der Waals surface area (Å²) < 4.78 is 17.1. The summed E-state index contributed by atoms with van der Waals surface area (Å²) in [6.07, 6.45) is 1.83. The number of rotatable bonds is 5. The maximum absolute atomic E-state index is 12.0. The smallest absolute Gasteiger partial charge is 0.461 e. The molecule has 138 valence electrons. The second-order valence-corrected chi connectivity index (χ2v) is 7.35. The zero-order chi connectivity index (χ0) is 19.0. The Morgan fingerprint density at radius 3 is 2.28 bits per heavy atom. The molecule has 2 rings (SSSR count). The molecule has 0 amide bonds. The van der Waals surface area contributed by atoms with E-state index in [0.29, 0.717) is 17.8 Å². The molecule has 0 atom stereocenters. The fourth-order valence-electron chi connectivity index (χ4n) is 2.76. The number of hydrogen-bond acceptors (Lipinski definition) is 5. The number of esters is 1. The SMILES string of the molecule is CCOC(=O)c1[nH]c(C)c(C=C(CO)B2OC(C)(C)C(C)(C)O2)c1C. The lowest BCUT2D eigenvalue weighted by Crippen LogP contribution is -2.41. The molecule has 1 aliphatic heterocycles. The first kappa shape index (κ1) is 19.8. The van der Waals surface area contributed by atoms with Crippen molar-refractivity contribution in [2.75, 3.05) is 13.2 Å². The van der Waals surface area contributed by atoms with Gasteiger partial charge in [0.1, 0.15) is 5.69 Å². The van der Waals surface area contributed by atoms with Crippen LogP contribution >= 0.6 is 0 Å². The highest BCUT2D eigenvalue weighted by molar-refractivity contribution is 6.55. The Labute approximate surface area is 149 Å². The number of aromatic amines is 1. The highest BCUT2D eigenvalue weighted by Crippen LogP contribution is 2.39. The molecule has 2 heterocycles. The monoisotopic (exact) mass is 349 g/mol. The first-order chi connectivity index (χ1) is 11.5. The molecular formula is C18H28BNO5. The van der Waals surface area contributed by atoms with Crippen LogP contribution in [0.4, 0.5) is 0 Å². The van der Waals surface area contributed by atoms with Crippen molar-refractivity contribution in [3.8, 4) is 0 Å². The number of aliphatic hydroxyl groups excluding tert-OH is 1. The van der Waals surface area contributed by atoms with Crippen LogP contribution in [0.3, 0.4) is 0 Å². The largest absolute Gasteiger partial charge is 0.492 e. The lowest BCUT2D eigenvalue weighted by atomic mass is 9.77. The third-order valence-corrected chi connectivity index (χ3v) is 5.04. The molecule has 6 nitrogen and oxygen atoms in total. The van der Waals surface area contributed by atoms with Crippen LogP contribution in [0.2, 0.25) is 0 Å². The summed E-state index contributed by atoms with van der Waals surface area (Å²) in [5.41, 5.74) is 2.51. The Morgan fingerprint density at radius 1 is 1.24 bits per heavy atom. The van der Waals surface area contributed by atoms with E-state index in [1.165, 1.54) is 0 Å². The van der Waals surface area contributed by atoms with Gasteiger partial charge in [-0.15, -0.1) is 0 Å². The van der Waals surface area contributed by atoms with Crippen LogP contribution in [0.15, 0.2) is 5.47 Å². The molecule has 7 heteroatoms. The summed E-state index contributed by atoms with van der Waals surface area (Å²) in [5.74, 6) is -0.385. The number of carbonyl (C=O) groups is 1. The van der Waals surface area contributed by atoms with E-state index in [4.69, 9.17) is 14.0 Å². The predicted octanol–water partition coefficient (Wildman–Crippen LogP) is 2.82. The minimum Gasteiger partial charge on any atom is -0.461 e. The van der Waals surface area contributed by atoms with Crippen LogP contribution in [0, 0.1) is 13.8 Å². The molecule has 0 aromatic carbocycles. The van der Waals surface area contributed by atoms with Crippen molar-refractivity contribution in [1.29, 1.82) is 0 Å². The van der Waals surface area contributed by atoms with Crippen LogP contribution < -0.4 is 0 Å². The van der Waals surface area contributed by atoms with Crippen LogP contribution in [-0.2, 0) is 14.0 Å². The van der Waals surface area contributed by atoms with E-state index in [0.717, 1.165) is 16.8 Å². The van der Waals surface area contributed by atoms with Gasteiger partial charge in [-0.1, -0.05) is 6.08 Å². The molecule has 1 aromatic heterocycles. The van der Waals surface area contributed by atoms with E-state index < -0.39 is 18.3 Å². The van der Waals surface area contributed by atoms with Crippen molar-refractivity contribution in [2.45, 2.75) is 59.7 Å². The third kappa shape index (κ3) is 3.68. The maximum Gasteiger partial charge on any atom is 0.492 e. The van der Waals surface area contributed by atoms with Gasteiger partial charge < -0.3 is 24.1 Å². The summed E-state index contributed by atoms with van der Waals surface area (Å²) in [5, 5.41) is 9.84. The molecule has 2 N–H and O–H groups in total. The van der Waals surface area contributed by atoms with Crippen molar-refractivity contribution >= 4 is 19.2 Å². The highest BCUT2D eigenvalue weighted by atomic mass is 16.7. The zero-order valence-electron chi connectivity index (χ0n) is 16.1. The number of aliphatic hydroxyl groups is 1. The van der Waals surface area contributed by atoms with E-state index in [-0.39, 0.29) is 12.6 Å². The molecule has 25 heavy (non-hydrogen) atoms. The van der Waals surface area contributed by atoms with Crippen LogP contribution in [0.25, 0.3) is 6.08 Å². The first-order valence-corrected chi connectivity index (χ1v) is 8.57. The summed E-state index contributed by atoms with van der Waals surface area (Å²) in [6.45, 7) is 13.5. The third-order valence-electron chi connectivity index (χ3n) is 5.04. The number of aromatic nitrogens is 1. The van der Waals surface area contributed by atoms with Crippen molar-refractivity contribution in [1.82, 2.24) is 4.98 Å². The average Bonchev–Trinajstić information content (AvgIpc) is 2.90. The molecule has 0 bridgehead atoms. The fraction of sp³-hybridized carbons (Fsp3) is 0.611. The topological polar surface area (TPSA) is 80.8 Å². The minimum absolute atomic E-state index is 0.199. The number of aryl methyl sites for hydroxylation is 1. The molecule has 1 aliphatic rings. The Hall–Kier alpha value is -1.57. The number of H-pyrrole nitrogens is 1. The Bertz CT molecular complexity index is 674. The van der Waals surface area contributed by atoms with Crippen molar-refractivity contribution in [3.63, 3.8) is 0 Å². The molecule has 0 radical (unpaired) electrons.